The molecule has 1 unspecified atom stereocenters. The lowest BCUT2D eigenvalue weighted by atomic mass is 9.99. The van der Waals surface area contributed by atoms with Crippen molar-refractivity contribution in [3.8, 4) is 0 Å². The third kappa shape index (κ3) is 2.37. The van der Waals surface area contributed by atoms with Gasteiger partial charge in [0.15, 0.2) is 0 Å². The van der Waals surface area contributed by atoms with Crippen LogP contribution in [0.4, 0.5) is 11.5 Å². The summed E-state index contributed by atoms with van der Waals surface area (Å²) in [6, 6.07) is 1.02. The fraction of sp³-hybridized carbons (Fsp3) is 0.417. The highest BCUT2D eigenvalue weighted by molar-refractivity contribution is 5.99. The van der Waals surface area contributed by atoms with Gasteiger partial charge in [-0.05, 0) is 19.8 Å². The maximum Gasteiger partial charge on any atom is 0.329 e. The van der Waals surface area contributed by atoms with E-state index in [9.17, 15) is 24.8 Å². The van der Waals surface area contributed by atoms with Crippen molar-refractivity contribution in [1.29, 1.82) is 0 Å². The molecule has 2 heterocycles. The summed E-state index contributed by atoms with van der Waals surface area (Å²) >= 11 is 0. The third-order valence-electron chi connectivity index (χ3n) is 3.69. The van der Waals surface area contributed by atoms with E-state index in [1.807, 2.05) is 0 Å². The fourth-order valence-corrected chi connectivity index (χ4v) is 2.47. The van der Waals surface area contributed by atoms with Crippen molar-refractivity contribution in [3.63, 3.8) is 0 Å². The van der Waals surface area contributed by atoms with E-state index in [0.717, 1.165) is 12.3 Å². The van der Waals surface area contributed by atoms with Crippen LogP contribution in [0, 0.1) is 10.1 Å². The van der Waals surface area contributed by atoms with Gasteiger partial charge in [-0.2, -0.15) is 0 Å². The highest BCUT2D eigenvalue weighted by atomic mass is 16.6. The molecule has 3 N–H and O–H groups in total. The van der Waals surface area contributed by atoms with Crippen molar-refractivity contribution in [3.05, 3.63) is 27.9 Å². The summed E-state index contributed by atoms with van der Waals surface area (Å²) < 4.78 is 0. The van der Waals surface area contributed by atoms with Crippen LogP contribution in [0.25, 0.3) is 0 Å². The Hall–Kier alpha value is -2.71. The number of carbonyl (C=O) groups excluding carboxylic acids is 1. The molecule has 1 amide bonds. The second-order valence-electron chi connectivity index (χ2n) is 5.02. The largest absolute Gasteiger partial charge is 0.480 e. The monoisotopic (exact) mass is 294 g/mol. The molecule has 112 valence electrons. The minimum absolute atomic E-state index is 0.0653. The van der Waals surface area contributed by atoms with Gasteiger partial charge in [-0.3, -0.25) is 14.9 Å². The molecule has 1 atom stereocenters. The van der Waals surface area contributed by atoms with Crippen LogP contribution in [0.3, 0.4) is 0 Å². The van der Waals surface area contributed by atoms with Crippen LogP contribution in [0.2, 0.25) is 0 Å². The van der Waals surface area contributed by atoms with Gasteiger partial charge in [0.1, 0.15) is 17.6 Å². The minimum Gasteiger partial charge on any atom is -0.480 e. The molecule has 9 heteroatoms. The van der Waals surface area contributed by atoms with Gasteiger partial charge < -0.3 is 15.7 Å². The molecule has 0 spiro atoms. The van der Waals surface area contributed by atoms with Gasteiger partial charge in [0.25, 0.3) is 11.6 Å². The number of aromatic nitrogens is 1. The number of rotatable bonds is 4. The number of primary amides is 1. The molecule has 0 aliphatic carbocycles. The first-order chi connectivity index (χ1) is 9.77. The predicted octanol–water partition coefficient (Wildman–Crippen LogP) is 0.532. The molecule has 9 nitrogen and oxygen atoms in total. The molecule has 0 radical (unpaired) electrons. The van der Waals surface area contributed by atoms with Crippen molar-refractivity contribution in [2.45, 2.75) is 25.3 Å². The first-order valence-electron chi connectivity index (χ1n) is 6.22. The van der Waals surface area contributed by atoms with Gasteiger partial charge in [-0.25, -0.2) is 9.78 Å². The van der Waals surface area contributed by atoms with E-state index in [1.165, 1.54) is 11.8 Å². The fourth-order valence-electron chi connectivity index (χ4n) is 2.47. The average Bonchev–Trinajstić information content (AvgIpc) is 2.81. The lowest BCUT2D eigenvalue weighted by Crippen LogP contribution is -2.49. The number of carboxylic acids is 1. The van der Waals surface area contributed by atoms with E-state index in [0.29, 0.717) is 19.4 Å². The van der Waals surface area contributed by atoms with Gasteiger partial charge in [-0.1, -0.05) is 0 Å². The third-order valence-corrected chi connectivity index (χ3v) is 3.69. The number of pyridine rings is 1. The number of carbonyl (C=O) groups is 2. The van der Waals surface area contributed by atoms with E-state index < -0.39 is 22.3 Å². The molecule has 0 bridgehead atoms. The molecule has 21 heavy (non-hydrogen) atoms. The molecule has 1 aromatic rings. The van der Waals surface area contributed by atoms with E-state index >= 15 is 0 Å². The Morgan fingerprint density at radius 3 is 2.76 bits per heavy atom. The molecule has 1 saturated heterocycles. The molecule has 1 fully saturated rings. The molecule has 0 aromatic carbocycles. The standard InChI is InChI=1S/C12H14N4O5/c1-12(11(18)19)3-2-4-15(12)10-8(9(13)17)5-7(6-14-10)16(20)21/h5-6H,2-4H2,1H3,(H2,13,17)(H,18,19). The van der Waals surface area contributed by atoms with Crippen LogP contribution in [0.5, 0.6) is 0 Å². The zero-order valence-corrected chi connectivity index (χ0v) is 11.3. The number of anilines is 1. The van der Waals surface area contributed by atoms with Crippen molar-refractivity contribution >= 4 is 23.4 Å². The first kappa shape index (κ1) is 14.7. The number of nitrogens with zero attached hydrogens (tertiary/aromatic N) is 3. The Morgan fingerprint density at radius 2 is 2.24 bits per heavy atom. The normalized spacial score (nSPS) is 21.3. The Balaban J connectivity index is 2.56. The minimum atomic E-state index is -1.21. The quantitative estimate of drug-likeness (QED) is 0.609. The van der Waals surface area contributed by atoms with Crippen molar-refractivity contribution in [2.75, 3.05) is 11.4 Å². The summed E-state index contributed by atoms with van der Waals surface area (Å²) in [5.74, 6) is -1.87. The summed E-state index contributed by atoms with van der Waals surface area (Å²) in [7, 11) is 0. The van der Waals surface area contributed by atoms with Crippen molar-refractivity contribution in [1.82, 2.24) is 4.98 Å². The summed E-state index contributed by atoms with van der Waals surface area (Å²) in [4.78, 5) is 38.4. The van der Waals surface area contributed by atoms with Crippen molar-refractivity contribution in [2.24, 2.45) is 5.73 Å². The summed E-state index contributed by atoms with van der Waals surface area (Å²) in [6.07, 6.45) is 1.99. The van der Waals surface area contributed by atoms with Gasteiger partial charge in [0.2, 0.25) is 0 Å². The van der Waals surface area contributed by atoms with E-state index in [-0.39, 0.29) is 17.1 Å². The summed E-state index contributed by atoms with van der Waals surface area (Å²) in [5, 5.41) is 20.1. The smallest absolute Gasteiger partial charge is 0.329 e. The van der Waals surface area contributed by atoms with Crippen molar-refractivity contribution < 1.29 is 19.6 Å². The lowest BCUT2D eigenvalue weighted by Gasteiger charge is -2.32. The highest BCUT2D eigenvalue weighted by Crippen LogP contribution is 2.35. The molecule has 2 rings (SSSR count). The van der Waals surface area contributed by atoms with Crippen LogP contribution in [0.1, 0.15) is 30.1 Å². The van der Waals surface area contributed by atoms with Crippen LogP contribution in [-0.4, -0.2) is 39.0 Å². The molecule has 1 aliphatic heterocycles. The lowest BCUT2D eigenvalue weighted by molar-refractivity contribution is -0.385. The van der Waals surface area contributed by atoms with Crippen LogP contribution >= 0.6 is 0 Å². The first-order valence-corrected chi connectivity index (χ1v) is 6.22. The van der Waals surface area contributed by atoms with Gasteiger partial charge >= 0.3 is 5.97 Å². The number of nitro groups is 1. The molecular weight excluding hydrogens is 280 g/mol. The number of nitrogens with two attached hydrogens (primary N) is 1. The van der Waals surface area contributed by atoms with Gasteiger partial charge in [0.05, 0.1) is 10.5 Å². The Bertz CT molecular complexity index is 632. The van der Waals surface area contributed by atoms with Crippen LogP contribution in [0.15, 0.2) is 12.3 Å². The van der Waals surface area contributed by atoms with Crippen LogP contribution in [-0.2, 0) is 4.79 Å². The molecular formula is C12H14N4O5. The van der Waals surface area contributed by atoms with Crippen LogP contribution < -0.4 is 10.6 Å². The average molecular weight is 294 g/mol. The molecule has 1 aromatic heterocycles. The van der Waals surface area contributed by atoms with Gasteiger partial charge in [-0.15, -0.1) is 0 Å². The zero-order valence-electron chi connectivity index (χ0n) is 11.3. The van der Waals surface area contributed by atoms with E-state index in [2.05, 4.69) is 4.98 Å². The second-order valence-corrected chi connectivity index (χ2v) is 5.02. The van der Waals surface area contributed by atoms with Gasteiger partial charge in [0, 0.05) is 12.6 Å². The number of aliphatic carboxylic acids is 1. The summed E-state index contributed by atoms with van der Waals surface area (Å²) in [6.45, 7) is 1.91. The van der Waals surface area contributed by atoms with E-state index in [4.69, 9.17) is 5.73 Å². The topological polar surface area (TPSA) is 140 Å². The second kappa shape index (κ2) is 5.00. The number of carboxylic acid groups (broad SMARTS) is 1. The number of hydrogen-bond donors (Lipinski definition) is 2. The molecule has 0 saturated carbocycles. The Kier molecular flexibility index (Phi) is 3.50. The summed E-state index contributed by atoms with van der Waals surface area (Å²) in [5.41, 5.74) is 3.50. The van der Waals surface area contributed by atoms with E-state index in [1.54, 1.807) is 0 Å². The maximum absolute atomic E-state index is 11.5. The Labute approximate surface area is 119 Å². The number of amides is 1. The zero-order chi connectivity index (χ0) is 15.8. The Morgan fingerprint density at radius 1 is 1.57 bits per heavy atom. The number of hydrogen-bond acceptors (Lipinski definition) is 6. The highest BCUT2D eigenvalue weighted by Gasteiger charge is 2.45. The molecule has 1 aliphatic rings. The predicted molar refractivity (Wildman–Crippen MR) is 72.0 cm³/mol. The SMILES string of the molecule is CC1(C(=O)O)CCCN1c1ncc([N+](=O)[O-])cc1C(N)=O. The maximum atomic E-state index is 11.5.